The van der Waals surface area contributed by atoms with Crippen molar-refractivity contribution in [2.45, 2.75) is 13.3 Å². The largest absolute Gasteiger partial charge is 0.493 e. The molecule has 35 heavy (non-hydrogen) atoms. The molecule has 2 heterocycles. The highest BCUT2D eigenvalue weighted by Crippen LogP contribution is 2.34. The summed E-state index contributed by atoms with van der Waals surface area (Å²) in [5.74, 6) is 3.34. The zero-order valence-corrected chi connectivity index (χ0v) is 21.6. The molecule has 1 aliphatic heterocycles. The highest BCUT2D eigenvalue weighted by atomic mass is 32.2. The molecule has 3 aromatic rings. The number of benzene rings is 2. The van der Waals surface area contributed by atoms with Gasteiger partial charge in [-0.2, -0.15) is 17.0 Å². The SMILES string of the molecule is CCOC=O.CNc1ccc(-c2c(C#N)c3ccc(OCCCN4CCSCC4)cc3n2C)cc1. The van der Waals surface area contributed by atoms with Gasteiger partial charge >= 0.3 is 0 Å². The van der Waals surface area contributed by atoms with Crippen LogP contribution in [-0.4, -0.2) is 67.3 Å². The number of thioether (sulfide) groups is 1. The Morgan fingerprint density at radius 2 is 1.91 bits per heavy atom. The first-order valence-electron chi connectivity index (χ1n) is 11.9. The Kier molecular flexibility index (Phi) is 10.3. The molecule has 1 aliphatic rings. The van der Waals surface area contributed by atoms with Gasteiger partial charge in [-0.1, -0.05) is 12.1 Å². The minimum atomic E-state index is 0.431. The van der Waals surface area contributed by atoms with Crippen LogP contribution in [0.25, 0.3) is 22.2 Å². The lowest BCUT2D eigenvalue weighted by molar-refractivity contribution is -0.128. The number of aryl methyl sites for hydroxylation is 1. The molecule has 1 N–H and O–H groups in total. The van der Waals surface area contributed by atoms with Crippen LogP contribution >= 0.6 is 11.8 Å². The molecule has 7 nitrogen and oxygen atoms in total. The summed E-state index contributed by atoms with van der Waals surface area (Å²) in [5.41, 5.74) is 4.75. The third kappa shape index (κ3) is 6.93. The van der Waals surface area contributed by atoms with Crippen LogP contribution in [0.5, 0.6) is 5.75 Å². The van der Waals surface area contributed by atoms with E-state index in [9.17, 15) is 10.1 Å². The summed E-state index contributed by atoms with van der Waals surface area (Å²) < 4.78 is 12.3. The van der Waals surface area contributed by atoms with Crippen molar-refractivity contribution in [2.75, 3.05) is 56.7 Å². The second-order valence-electron chi connectivity index (χ2n) is 8.11. The van der Waals surface area contributed by atoms with Gasteiger partial charge in [-0.25, -0.2) is 0 Å². The predicted molar refractivity (Wildman–Crippen MR) is 144 cm³/mol. The van der Waals surface area contributed by atoms with Gasteiger partial charge in [0, 0.05) is 62.4 Å². The number of carbonyl (C=O) groups excluding carboxylic acids is 1. The third-order valence-electron chi connectivity index (χ3n) is 5.96. The van der Waals surface area contributed by atoms with Crippen molar-refractivity contribution in [3.63, 3.8) is 0 Å². The van der Waals surface area contributed by atoms with Crippen molar-refractivity contribution < 1.29 is 14.3 Å². The maximum absolute atomic E-state index is 9.85. The number of fused-ring (bicyclic) bond motifs is 1. The van der Waals surface area contributed by atoms with E-state index in [1.165, 1.54) is 24.6 Å². The number of carbonyl (C=O) groups is 1. The Labute approximate surface area is 212 Å². The van der Waals surface area contributed by atoms with E-state index >= 15 is 0 Å². The molecule has 1 aromatic heterocycles. The summed E-state index contributed by atoms with van der Waals surface area (Å²) in [6, 6.07) is 16.6. The van der Waals surface area contributed by atoms with Gasteiger partial charge in [0.05, 0.1) is 30.0 Å². The van der Waals surface area contributed by atoms with Gasteiger partial charge in [0.15, 0.2) is 0 Å². The molecule has 0 atom stereocenters. The van der Waals surface area contributed by atoms with Gasteiger partial charge in [-0.05, 0) is 43.2 Å². The van der Waals surface area contributed by atoms with E-state index in [0.29, 0.717) is 25.2 Å². The van der Waals surface area contributed by atoms with E-state index in [-0.39, 0.29) is 0 Å². The van der Waals surface area contributed by atoms with E-state index in [0.717, 1.165) is 46.6 Å². The Balaban J connectivity index is 0.000000623. The Bertz CT molecular complexity index is 1130. The number of ether oxygens (including phenoxy) is 2. The van der Waals surface area contributed by atoms with E-state index in [2.05, 4.69) is 43.8 Å². The smallest absolute Gasteiger partial charge is 0.293 e. The molecule has 0 amide bonds. The van der Waals surface area contributed by atoms with Crippen LogP contribution in [0.4, 0.5) is 5.69 Å². The average molecular weight is 495 g/mol. The van der Waals surface area contributed by atoms with Crippen molar-refractivity contribution in [1.29, 1.82) is 5.26 Å². The number of nitrogens with one attached hydrogen (secondary N) is 1. The van der Waals surface area contributed by atoms with Crippen molar-refractivity contribution in [2.24, 2.45) is 7.05 Å². The van der Waals surface area contributed by atoms with Crippen LogP contribution < -0.4 is 10.1 Å². The number of nitriles is 1. The minimum absolute atomic E-state index is 0.431. The molecule has 0 radical (unpaired) electrons. The first kappa shape index (κ1) is 26.5. The number of hydrogen-bond donors (Lipinski definition) is 1. The molecule has 1 fully saturated rings. The lowest BCUT2D eigenvalue weighted by atomic mass is 10.1. The second kappa shape index (κ2) is 13.7. The zero-order valence-electron chi connectivity index (χ0n) is 20.8. The molecule has 0 spiro atoms. The van der Waals surface area contributed by atoms with Crippen molar-refractivity contribution >= 4 is 34.8 Å². The van der Waals surface area contributed by atoms with Crippen molar-refractivity contribution in [3.05, 3.63) is 48.0 Å². The topological polar surface area (TPSA) is 79.5 Å². The van der Waals surface area contributed by atoms with Crippen molar-refractivity contribution in [1.82, 2.24) is 9.47 Å². The van der Waals surface area contributed by atoms with E-state index in [4.69, 9.17) is 4.74 Å². The average Bonchev–Trinajstić information content (AvgIpc) is 3.19. The lowest BCUT2D eigenvalue weighted by Gasteiger charge is -2.25. The second-order valence-corrected chi connectivity index (χ2v) is 9.33. The van der Waals surface area contributed by atoms with Crippen LogP contribution in [0.2, 0.25) is 0 Å². The van der Waals surface area contributed by atoms with Gasteiger partial charge in [-0.3, -0.25) is 4.79 Å². The number of aromatic nitrogens is 1. The highest BCUT2D eigenvalue weighted by molar-refractivity contribution is 7.99. The van der Waals surface area contributed by atoms with Crippen LogP contribution in [0.15, 0.2) is 42.5 Å². The normalized spacial score (nSPS) is 13.4. The van der Waals surface area contributed by atoms with Crippen LogP contribution in [0, 0.1) is 11.3 Å². The lowest BCUT2D eigenvalue weighted by Crippen LogP contribution is -2.33. The first-order valence-corrected chi connectivity index (χ1v) is 13.1. The molecule has 8 heteroatoms. The highest BCUT2D eigenvalue weighted by Gasteiger charge is 2.17. The maximum Gasteiger partial charge on any atom is 0.293 e. The molecular weight excluding hydrogens is 460 g/mol. The molecule has 0 bridgehead atoms. The van der Waals surface area contributed by atoms with Crippen LogP contribution in [-0.2, 0) is 16.6 Å². The molecule has 4 rings (SSSR count). The van der Waals surface area contributed by atoms with Gasteiger partial charge < -0.3 is 24.3 Å². The molecule has 0 unspecified atom stereocenters. The van der Waals surface area contributed by atoms with Crippen LogP contribution in [0.1, 0.15) is 18.9 Å². The fraction of sp³-hybridized carbons (Fsp3) is 0.407. The number of anilines is 1. The zero-order chi connectivity index (χ0) is 25.0. The van der Waals surface area contributed by atoms with Gasteiger partial charge in [0.1, 0.15) is 11.8 Å². The molecular formula is C27H34N4O3S. The fourth-order valence-electron chi connectivity index (χ4n) is 4.12. The van der Waals surface area contributed by atoms with Gasteiger partial charge in [0.25, 0.3) is 6.47 Å². The fourth-order valence-corrected chi connectivity index (χ4v) is 5.10. The maximum atomic E-state index is 9.85. The minimum Gasteiger partial charge on any atom is -0.493 e. The number of rotatable bonds is 9. The molecule has 0 saturated carbocycles. The summed E-state index contributed by atoms with van der Waals surface area (Å²) in [4.78, 5) is 11.7. The predicted octanol–water partition coefficient (Wildman–Crippen LogP) is 4.76. The summed E-state index contributed by atoms with van der Waals surface area (Å²) >= 11 is 2.04. The summed E-state index contributed by atoms with van der Waals surface area (Å²) in [5, 5.41) is 13.9. The number of hydrogen-bond acceptors (Lipinski definition) is 7. The Morgan fingerprint density at radius 1 is 1.17 bits per heavy atom. The molecule has 0 aliphatic carbocycles. The van der Waals surface area contributed by atoms with Crippen molar-refractivity contribution in [3.8, 4) is 23.1 Å². The molecule has 1 saturated heterocycles. The molecule has 2 aromatic carbocycles. The van der Waals surface area contributed by atoms with E-state index in [1.54, 1.807) is 6.92 Å². The number of nitrogens with zero attached hydrogens (tertiary/aromatic N) is 3. The quantitative estimate of drug-likeness (QED) is 0.339. The van der Waals surface area contributed by atoms with Crippen LogP contribution in [0.3, 0.4) is 0 Å². The Hall–Kier alpha value is -3.15. The van der Waals surface area contributed by atoms with E-state index < -0.39 is 0 Å². The van der Waals surface area contributed by atoms with Gasteiger partial charge in [-0.15, -0.1) is 0 Å². The third-order valence-corrected chi connectivity index (χ3v) is 6.90. The molecule has 186 valence electrons. The monoisotopic (exact) mass is 494 g/mol. The standard InChI is InChI=1S/C24H28N4OS.C3H6O2/c1-26-19-6-4-18(5-7-19)24-22(17-25)21-9-8-20(16-23(21)27(24)2)29-13-3-10-28-11-14-30-15-12-28;1-2-5-3-4/h4-9,16,26H,3,10-15H2,1-2H3;3H,2H2,1H3. The van der Waals surface area contributed by atoms with Gasteiger partial charge in [0.2, 0.25) is 0 Å². The summed E-state index contributed by atoms with van der Waals surface area (Å²) in [7, 11) is 3.92. The first-order chi connectivity index (χ1) is 17.1. The summed E-state index contributed by atoms with van der Waals surface area (Å²) in [6.07, 6.45) is 1.03. The Morgan fingerprint density at radius 3 is 2.51 bits per heavy atom. The van der Waals surface area contributed by atoms with E-state index in [1.807, 2.05) is 50.1 Å². The summed E-state index contributed by atoms with van der Waals surface area (Å²) in [6.45, 7) is 6.85.